The zero-order chi connectivity index (χ0) is 18.3. The van der Waals surface area contributed by atoms with Crippen molar-refractivity contribution in [3.8, 4) is 0 Å². The molecule has 0 saturated carbocycles. The Labute approximate surface area is 147 Å². The summed E-state index contributed by atoms with van der Waals surface area (Å²) in [7, 11) is -3.54. The largest absolute Gasteiger partial charge is 0.368 e. The van der Waals surface area contributed by atoms with Gasteiger partial charge in [0.2, 0.25) is 11.8 Å². The second-order valence-electron chi connectivity index (χ2n) is 5.61. The molecule has 6 nitrogen and oxygen atoms in total. The Morgan fingerprint density at radius 3 is 2.08 bits per heavy atom. The van der Waals surface area contributed by atoms with Gasteiger partial charge in [0.25, 0.3) is 0 Å². The van der Waals surface area contributed by atoms with Crippen LogP contribution < -0.4 is 11.1 Å². The summed E-state index contributed by atoms with van der Waals surface area (Å²) in [4.78, 5) is 23.8. The zero-order valence-corrected chi connectivity index (χ0v) is 14.4. The predicted octanol–water partition coefficient (Wildman–Crippen LogP) is 1.06. The van der Waals surface area contributed by atoms with E-state index < -0.39 is 21.8 Å². The monoisotopic (exact) mass is 360 g/mol. The lowest BCUT2D eigenvalue weighted by Gasteiger charge is -2.15. The van der Waals surface area contributed by atoms with E-state index in [0.29, 0.717) is 0 Å². The smallest absolute Gasteiger partial charge is 0.240 e. The molecule has 0 radical (unpaired) electrons. The zero-order valence-electron chi connectivity index (χ0n) is 13.6. The number of nitrogens with two attached hydrogens (primary N) is 1. The lowest BCUT2D eigenvalue weighted by Crippen LogP contribution is -2.45. The van der Waals surface area contributed by atoms with Crippen LogP contribution in [0.3, 0.4) is 0 Å². The van der Waals surface area contributed by atoms with Crippen LogP contribution in [0.1, 0.15) is 12.0 Å². The molecular weight excluding hydrogens is 340 g/mol. The van der Waals surface area contributed by atoms with Gasteiger partial charge in [0.05, 0.1) is 17.1 Å². The average Bonchev–Trinajstić information content (AvgIpc) is 2.60. The third kappa shape index (κ3) is 5.72. The van der Waals surface area contributed by atoms with Crippen molar-refractivity contribution in [1.29, 1.82) is 0 Å². The Morgan fingerprint density at radius 1 is 0.960 bits per heavy atom. The first-order valence-electron chi connectivity index (χ1n) is 7.79. The average molecular weight is 360 g/mol. The Kier molecular flexibility index (Phi) is 6.30. The fraction of sp³-hybridized carbons (Fsp3) is 0.222. The number of hydrogen-bond acceptors (Lipinski definition) is 4. The highest BCUT2D eigenvalue weighted by atomic mass is 32.2. The molecule has 0 aromatic heterocycles. The van der Waals surface area contributed by atoms with Crippen LogP contribution in [-0.4, -0.2) is 32.0 Å². The van der Waals surface area contributed by atoms with Crippen LogP contribution in [0.25, 0.3) is 0 Å². The standard InChI is InChI=1S/C18H20N2O4S/c19-18(22)16(20-17(21)13-14-7-3-1-4-8-14)11-12-25(23,24)15-9-5-2-6-10-15/h1-10,16H,11-13H2,(H2,19,22)(H,20,21)/t16-/m1/s1. The molecule has 0 fully saturated rings. The lowest BCUT2D eigenvalue weighted by atomic mass is 10.1. The SMILES string of the molecule is NC(=O)[C@@H](CCS(=O)(=O)c1ccccc1)NC(=O)Cc1ccccc1. The van der Waals surface area contributed by atoms with Gasteiger partial charge in [-0.1, -0.05) is 48.5 Å². The Balaban J connectivity index is 1.97. The number of primary amides is 1. The van der Waals surface area contributed by atoms with Crippen molar-refractivity contribution in [3.05, 3.63) is 66.2 Å². The number of carbonyl (C=O) groups excluding carboxylic acids is 2. The predicted molar refractivity (Wildman–Crippen MR) is 94.4 cm³/mol. The first-order valence-corrected chi connectivity index (χ1v) is 9.44. The molecule has 7 heteroatoms. The van der Waals surface area contributed by atoms with Crippen LogP contribution >= 0.6 is 0 Å². The molecule has 2 aromatic rings. The van der Waals surface area contributed by atoms with Gasteiger partial charge in [-0.2, -0.15) is 0 Å². The number of sulfone groups is 1. The summed E-state index contributed by atoms with van der Waals surface area (Å²) < 4.78 is 24.5. The minimum absolute atomic E-state index is 0.0763. The van der Waals surface area contributed by atoms with Gasteiger partial charge in [-0.3, -0.25) is 9.59 Å². The first-order chi connectivity index (χ1) is 11.9. The van der Waals surface area contributed by atoms with E-state index in [1.165, 1.54) is 12.1 Å². The highest BCUT2D eigenvalue weighted by Gasteiger charge is 2.22. The van der Waals surface area contributed by atoms with Gasteiger partial charge in [0.15, 0.2) is 9.84 Å². The van der Waals surface area contributed by atoms with Crippen molar-refractivity contribution in [2.45, 2.75) is 23.8 Å². The minimum Gasteiger partial charge on any atom is -0.368 e. The number of rotatable bonds is 8. The molecule has 0 aliphatic rings. The molecule has 3 N–H and O–H groups in total. The molecule has 0 aliphatic heterocycles. The van der Waals surface area contributed by atoms with Gasteiger partial charge in [-0.15, -0.1) is 0 Å². The topological polar surface area (TPSA) is 106 Å². The molecule has 0 bridgehead atoms. The van der Waals surface area contributed by atoms with Crippen molar-refractivity contribution in [2.75, 3.05) is 5.75 Å². The molecule has 0 saturated heterocycles. The van der Waals surface area contributed by atoms with E-state index in [9.17, 15) is 18.0 Å². The molecule has 2 rings (SSSR count). The third-order valence-corrected chi connectivity index (χ3v) is 5.43. The normalized spacial score (nSPS) is 12.3. The van der Waals surface area contributed by atoms with Crippen LogP contribution in [0.15, 0.2) is 65.6 Å². The maximum atomic E-state index is 12.3. The Hall–Kier alpha value is -2.67. The number of benzene rings is 2. The van der Waals surface area contributed by atoms with Gasteiger partial charge < -0.3 is 11.1 Å². The molecular formula is C18H20N2O4S. The molecule has 0 unspecified atom stereocenters. The molecule has 0 aliphatic carbocycles. The van der Waals surface area contributed by atoms with Crippen molar-refractivity contribution >= 4 is 21.7 Å². The Bertz CT molecular complexity index is 821. The second-order valence-corrected chi connectivity index (χ2v) is 7.71. The maximum absolute atomic E-state index is 12.3. The molecule has 2 amide bonds. The summed E-state index contributed by atoms with van der Waals surface area (Å²) in [5.41, 5.74) is 6.09. The van der Waals surface area contributed by atoms with E-state index in [4.69, 9.17) is 5.73 Å². The van der Waals surface area contributed by atoms with Gasteiger partial charge in [0.1, 0.15) is 6.04 Å². The number of carbonyl (C=O) groups is 2. The summed E-state index contributed by atoms with van der Waals surface area (Å²) in [5.74, 6) is -1.42. The van der Waals surface area contributed by atoms with Crippen LogP contribution in [0.5, 0.6) is 0 Å². The summed E-state index contributed by atoms with van der Waals surface area (Å²) in [5, 5.41) is 2.51. The molecule has 25 heavy (non-hydrogen) atoms. The highest BCUT2D eigenvalue weighted by molar-refractivity contribution is 7.91. The van der Waals surface area contributed by atoms with Gasteiger partial charge in [0, 0.05) is 0 Å². The van der Waals surface area contributed by atoms with Crippen molar-refractivity contribution in [2.24, 2.45) is 5.73 Å². The summed E-state index contributed by atoms with van der Waals surface area (Å²) >= 11 is 0. The summed E-state index contributed by atoms with van der Waals surface area (Å²) in [6.07, 6.45) is 0.0170. The number of amides is 2. The van der Waals surface area contributed by atoms with E-state index in [2.05, 4.69) is 5.32 Å². The van der Waals surface area contributed by atoms with Crippen LogP contribution in [0.4, 0.5) is 0 Å². The number of nitrogens with one attached hydrogen (secondary N) is 1. The molecule has 1 atom stereocenters. The van der Waals surface area contributed by atoms with E-state index in [0.717, 1.165) is 5.56 Å². The fourth-order valence-corrected chi connectivity index (χ4v) is 3.68. The quantitative estimate of drug-likeness (QED) is 0.734. The van der Waals surface area contributed by atoms with Crippen molar-refractivity contribution < 1.29 is 18.0 Å². The molecule has 0 spiro atoms. The first kappa shape index (κ1) is 18.7. The van der Waals surface area contributed by atoms with Gasteiger partial charge in [-0.05, 0) is 24.1 Å². The highest BCUT2D eigenvalue weighted by Crippen LogP contribution is 2.12. The van der Waals surface area contributed by atoms with Crippen LogP contribution in [0, 0.1) is 0 Å². The summed E-state index contributed by atoms with van der Waals surface area (Å²) in [6.45, 7) is 0. The fourth-order valence-electron chi connectivity index (χ4n) is 2.33. The maximum Gasteiger partial charge on any atom is 0.240 e. The molecule has 0 heterocycles. The molecule has 2 aromatic carbocycles. The van der Waals surface area contributed by atoms with Crippen molar-refractivity contribution in [1.82, 2.24) is 5.32 Å². The van der Waals surface area contributed by atoms with Crippen LogP contribution in [-0.2, 0) is 25.8 Å². The van der Waals surface area contributed by atoms with Gasteiger partial charge >= 0.3 is 0 Å². The Morgan fingerprint density at radius 2 is 1.52 bits per heavy atom. The second kappa shape index (κ2) is 8.43. The lowest BCUT2D eigenvalue weighted by molar-refractivity contribution is -0.127. The number of hydrogen-bond donors (Lipinski definition) is 2. The van der Waals surface area contributed by atoms with E-state index in [-0.39, 0.29) is 29.4 Å². The third-order valence-electron chi connectivity index (χ3n) is 3.66. The van der Waals surface area contributed by atoms with E-state index >= 15 is 0 Å². The molecule has 132 valence electrons. The minimum atomic E-state index is -3.54. The van der Waals surface area contributed by atoms with E-state index in [1.54, 1.807) is 42.5 Å². The summed E-state index contributed by atoms with van der Waals surface area (Å²) in [6, 6.07) is 15.9. The van der Waals surface area contributed by atoms with Crippen molar-refractivity contribution in [3.63, 3.8) is 0 Å². The van der Waals surface area contributed by atoms with Crippen LogP contribution in [0.2, 0.25) is 0 Å². The van der Waals surface area contributed by atoms with Gasteiger partial charge in [-0.25, -0.2) is 8.42 Å². The van der Waals surface area contributed by atoms with E-state index in [1.807, 2.05) is 6.07 Å².